The van der Waals surface area contributed by atoms with Crippen molar-refractivity contribution in [3.8, 4) is 22.3 Å². The summed E-state index contributed by atoms with van der Waals surface area (Å²) in [4.78, 5) is 8.84. The van der Waals surface area contributed by atoms with Crippen LogP contribution < -0.4 is 10.5 Å². The molecule has 0 unspecified atom stereocenters. The molecule has 2 heterocycles. The Labute approximate surface area is 207 Å². The van der Waals surface area contributed by atoms with Crippen molar-refractivity contribution in [3.05, 3.63) is 60.0 Å². The molecule has 0 radical (unpaired) electrons. The maximum Gasteiger partial charge on any atom is 0.240 e. The number of aliphatic hydroxyl groups is 1. The average molecular weight is 503 g/mol. The number of aryl methyl sites for hydroxylation is 2. The SMILES string of the molecule is Cc1cc(-c2cc(-c3cc(S(=O)(=O)N[C@H]4CC[C@H](CO)CC4)ccc3C)cnc2N)ccn1.Cl. The summed E-state index contributed by atoms with van der Waals surface area (Å²) >= 11 is 0. The van der Waals surface area contributed by atoms with E-state index in [1.54, 1.807) is 24.5 Å². The third-order valence-electron chi connectivity index (χ3n) is 6.38. The topological polar surface area (TPSA) is 118 Å². The lowest BCUT2D eigenvalue weighted by Gasteiger charge is -2.27. The lowest BCUT2D eigenvalue weighted by Crippen LogP contribution is -2.38. The number of halogens is 1. The summed E-state index contributed by atoms with van der Waals surface area (Å²) in [5.74, 6) is 0.680. The Balaban J connectivity index is 0.00000324. The standard InChI is InChI=1S/C25H30N4O3S.ClH/c1-16-3-8-22(33(31,32)29-21-6-4-18(15-30)5-7-21)13-23(16)20-12-24(25(26)28-14-20)19-9-10-27-17(2)11-19;/h3,8-14,18,21,29-30H,4-7,15H2,1-2H3,(H2,26,28);1H/t18-,21-;. The molecule has 0 bridgehead atoms. The van der Waals surface area contributed by atoms with Gasteiger partial charge in [0, 0.05) is 41.9 Å². The number of anilines is 1. The van der Waals surface area contributed by atoms with Crippen LogP contribution in [0.1, 0.15) is 36.9 Å². The van der Waals surface area contributed by atoms with Crippen LogP contribution in [0.25, 0.3) is 22.3 Å². The van der Waals surface area contributed by atoms with E-state index in [0.717, 1.165) is 59.2 Å². The molecule has 3 aromatic rings. The lowest BCUT2D eigenvalue weighted by molar-refractivity contribution is 0.180. The largest absolute Gasteiger partial charge is 0.396 e. The molecule has 1 aromatic carbocycles. The fourth-order valence-corrected chi connectivity index (χ4v) is 5.73. The van der Waals surface area contributed by atoms with Gasteiger partial charge in [0.2, 0.25) is 10.0 Å². The molecule has 0 amide bonds. The second-order valence-corrected chi connectivity index (χ2v) is 10.6. The van der Waals surface area contributed by atoms with Gasteiger partial charge in [0.1, 0.15) is 5.82 Å². The Bertz CT molecular complexity index is 1260. The Morgan fingerprint density at radius 2 is 1.74 bits per heavy atom. The zero-order chi connectivity index (χ0) is 23.6. The van der Waals surface area contributed by atoms with Crippen LogP contribution in [0.4, 0.5) is 5.82 Å². The number of nitrogen functional groups attached to an aromatic ring is 1. The van der Waals surface area contributed by atoms with Gasteiger partial charge in [-0.05, 0) is 92.5 Å². The van der Waals surface area contributed by atoms with Crippen molar-refractivity contribution in [2.24, 2.45) is 5.92 Å². The number of hydrogen-bond acceptors (Lipinski definition) is 6. The molecule has 34 heavy (non-hydrogen) atoms. The molecule has 4 rings (SSSR count). The molecule has 1 saturated carbocycles. The molecule has 1 aliphatic rings. The van der Waals surface area contributed by atoms with Gasteiger partial charge in [0.15, 0.2) is 0 Å². The second kappa shape index (κ2) is 10.8. The summed E-state index contributed by atoms with van der Waals surface area (Å²) in [6, 6.07) is 10.8. The van der Waals surface area contributed by atoms with E-state index in [0.29, 0.717) is 5.82 Å². The predicted molar refractivity (Wildman–Crippen MR) is 137 cm³/mol. The minimum Gasteiger partial charge on any atom is -0.396 e. The van der Waals surface area contributed by atoms with E-state index in [1.165, 1.54) is 0 Å². The van der Waals surface area contributed by atoms with Crippen LogP contribution in [0, 0.1) is 19.8 Å². The quantitative estimate of drug-likeness (QED) is 0.463. The monoisotopic (exact) mass is 502 g/mol. The van der Waals surface area contributed by atoms with Crippen molar-refractivity contribution < 1.29 is 13.5 Å². The first kappa shape index (κ1) is 26.1. The van der Waals surface area contributed by atoms with Crippen LogP contribution in [0.5, 0.6) is 0 Å². The molecule has 0 atom stereocenters. The summed E-state index contributed by atoms with van der Waals surface area (Å²) in [6.07, 6.45) is 6.54. The van der Waals surface area contributed by atoms with E-state index in [9.17, 15) is 13.5 Å². The maximum absolute atomic E-state index is 13.1. The average Bonchev–Trinajstić information content (AvgIpc) is 2.80. The molecule has 2 aromatic heterocycles. The second-order valence-electron chi connectivity index (χ2n) is 8.84. The number of aliphatic hydroxyl groups excluding tert-OH is 1. The third-order valence-corrected chi connectivity index (χ3v) is 7.90. The van der Waals surface area contributed by atoms with E-state index < -0.39 is 10.0 Å². The van der Waals surface area contributed by atoms with E-state index >= 15 is 0 Å². The summed E-state index contributed by atoms with van der Waals surface area (Å²) in [7, 11) is -3.67. The summed E-state index contributed by atoms with van der Waals surface area (Å²) in [5.41, 5.74) is 11.3. The summed E-state index contributed by atoms with van der Waals surface area (Å²) in [6.45, 7) is 4.03. The number of rotatable bonds is 6. The van der Waals surface area contributed by atoms with Crippen molar-refractivity contribution in [2.75, 3.05) is 12.3 Å². The van der Waals surface area contributed by atoms with Crippen molar-refractivity contribution in [3.63, 3.8) is 0 Å². The molecule has 1 aliphatic carbocycles. The number of hydrogen-bond donors (Lipinski definition) is 3. The van der Waals surface area contributed by atoms with E-state index in [4.69, 9.17) is 5.73 Å². The molecule has 9 heteroatoms. The van der Waals surface area contributed by atoms with Gasteiger partial charge in [-0.1, -0.05) is 6.07 Å². The number of aromatic nitrogens is 2. The van der Waals surface area contributed by atoms with Gasteiger partial charge in [0.25, 0.3) is 0 Å². The first-order chi connectivity index (χ1) is 15.8. The van der Waals surface area contributed by atoms with Crippen molar-refractivity contribution in [1.29, 1.82) is 0 Å². The summed E-state index contributed by atoms with van der Waals surface area (Å²) in [5, 5.41) is 9.32. The van der Waals surface area contributed by atoms with Crippen LogP contribution >= 0.6 is 12.4 Å². The fraction of sp³-hybridized carbons (Fsp3) is 0.360. The molecule has 4 N–H and O–H groups in total. The highest BCUT2D eigenvalue weighted by Crippen LogP contribution is 2.33. The van der Waals surface area contributed by atoms with Crippen LogP contribution in [0.2, 0.25) is 0 Å². The van der Waals surface area contributed by atoms with Crippen LogP contribution in [-0.4, -0.2) is 36.1 Å². The molecule has 0 spiro atoms. The van der Waals surface area contributed by atoms with E-state index in [2.05, 4.69) is 14.7 Å². The number of pyridine rings is 2. The van der Waals surface area contributed by atoms with Crippen molar-refractivity contribution >= 4 is 28.2 Å². The van der Waals surface area contributed by atoms with E-state index in [1.807, 2.05) is 38.1 Å². The Kier molecular flexibility index (Phi) is 8.30. The fourth-order valence-electron chi connectivity index (χ4n) is 4.40. The number of benzene rings is 1. The predicted octanol–water partition coefficient (Wildman–Crippen LogP) is 4.26. The molecule has 1 fully saturated rings. The smallest absolute Gasteiger partial charge is 0.240 e. The Morgan fingerprint density at radius 1 is 1.00 bits per heavy atom. The minimum absolute atomic E-state index is 0. The van der Waals surface area contributed by atoms with Crippen LogP contribution in [0.3, 0.4) is 0 Å². The highest BCUT2D eigenvalue weighted by molar-refractivity contribution is 7.89. The molecule has 182 valence electrons. The molecular formula is C25H31ClN4O3S. The molecule has 0 saturated heterocycles. The normalized spacial score (nSPS) is 18.3. The van der Waals surface area contributed by atoms with Crippen molar-refractivity contribution in [2.45, 2.75) is 50.5 Å². The van der Waals surface area contributed by atoms with Gasteiger partial charge < -0.3 is 10.8 Å². The third kappa shape index (κ3) is 5.75. The van der Waals surface area contributed by atoms with Crippen molar-refractivity contribution in [1.82, 2.24) is 14.7 Å². The van der Waals surface area contributed by atoms with Crippen LogP contribution in [-0.2, 0) is 10.0 Å². The van der Waals surface area contributed by atoms with Gasteiger partial charge in [-0.2, -0.15) is 0 Å². The van der Waals surface area contributed by atoms with Gasteiger partial charge in [0.05, 0.1) is 4.90 Å². The maximum atomic E-state index is 13.1. The van der Waals surface area contributed by atoms with E-state index in [-0.39, 0.29) is 35.9 Å². The van der Waals surface area contributed by atoms with Gasteiger partial charge in [-0.15, -0.1) is 12.4 Å². The number of sulfonamides is 1. The first-order valence-corrected chi connectivity index (χ1v) is 12.7. The summed E-state index contributed by atoms with van der Waals surface area (Å²) < 4.78 is 29.1. The number of nitrogens with zero attached hydrogens (tertiary/aromatic N) is 2. The lowest BCUT2D eigenvalue weighted by atomic mass is 9.87. The zero-order valence-corrected chi connectivity index (χ0v) is 21.0. The zero-order valence-electron chi connectivity index (χ0n) is 19.4. The van der Waals surface area contributed by atoms with Crippen LogP contribution in [0.15, 0.2) is 53.7 Å². The number of nitrogens with one attached hydrogen (secondary N) is 1. The van der Waals surface area contributed by atoms with Gasteiger partial charge in [-0.25, -0.2) is 18.1 Å². The highest BCUT2D eigenvalue weighted by atomic mass is 35.5. The highest BCUT2D eigenvalue weighted by Gasteiger charge is 2.26. The van der Waals surface area contributed by atoms with Gasteiger partial charge in [-0.3, -0.25) is 4.98 Å². The molecular weight excluding hydrogens is 472 g/mol. The first-order valence-electron chi connectivity index (χ1n) is 11.2. The Morgan fingerprint density at radius 3 is 2.41 bits per heavy atom. The van der Waals surface area contributed by atoms with Gasteiger partial charge >= 0.3 is 0 Å². The molecule has 7 nitrogen and oxygen atoms in total. The Hall–Kier alpha value is -2.52. The minimum atomic E-state index is -3.67. The number of nitrogens with two attached hydrogens (primary N) is 1. The molecule has 0 aliphatic heterocycles.